The van der Waals surface area contributed by atoms with E-state index in [0.29, 0.717) is 41.3 Å². The van der Waals surface area contributed by atoms with Crippen LogP contribution >= 0.6 is 11.6 Å². The molecule has 0 saturated heterocycles. The number of nitriles is 1. The van der Waals surface area contributed by atoms with Crippen LogP contribution in [-0.4, -0.2) is 37.5 Å². The van der Waals surface area contributed by atoms with Crippen molar-refractivity contribution >= 4 is 44.8 Å². The van der Waals surface area contributed by atoms with E-state index in [4.69, 9.17) is 16.3 Å². The van der Waals surface area contributed by atoms with E-state index in [0.717, 1.165) is 46.6 Å². The van der Waals surface area contributed by atoms with Gasteiger partial charge in [-0.1, -0.05) is 55.8 Å². The van der Waals surface area contributed by atoms with Gasteiger partial charge >= 0.3 is 0 Å². The van der Waals surface area contributed by atoms with Crippen molar-refractivity contribution in [3.63, 3.8) is 0 Å². The van der Waals surface area contributed by atoms with Gasteiger partial charge in [-0.05, 0) is 59.4 Å². The zero-order valence-corrected chi connectivity index (χ0v) is 24.0. The van der Waals surface area contributed by atoms with Crippen LogP contribution in [-0.2, 0) is 20.2 Å². The Morgan fingerprint density at radius 2 is 1.77 bits per heavy atom. The fourth-order valence-corrected chi connectivity index (χ4v) is 5.07. The Morgan fingerprint density at radius 1 is 1.05 bits per heavy atom. The van der Waals surface area contributed by atoms with Crippen molar-refractivity contribution in [2.24, 2.45) is 0 Å². The third-order valence-electron chi connectivity index (χ3n) is 6.64. The smallest absolute Gasteiger partial charge is 0.237 e. The quantitative estimate of drug-likeness (QED) is 0.165. The number of rotatable bonds is 11. The Balaban J connectivity index is 1.56. The van der Waals surface area contributed by atoms with Crippen molar-refractivity contribution in [1.29, 1.82) is 5.26 Å². The van der Waals surface area contributed by atoms with E-state index >= 15 is 0 Å². The first-order valence-corrected chi connectivity index (χ1v) is 14.9. The molecule has 1 N–H and O–H groups in total. The van der Waals surface area contributed by atoms with Crippen molar-refractivity contribution in [1.82, 2.24) is 9.97 Å². The Hall–Kier alpha value is -4.00. The van der Waals surface area contributed by atoms with Crippen LogP contribution in [0.1, 0.15) is 49.8 Å². The summed E-state index contributed by atoms with van der Waals surface area (Å²) in [7, 11) is -3.46. The third-order valence-corrected chi connectivity index (χ3v) is 7.48. The van der Waals surface area contributed by atoms with Crippen LogP contribution in [0.4, 0.5) is 5.95 Å². The number of carbonyl (C=O) groups excluding carboxylic acids is 1. The number of aromatic nitrogens is 2. The van der Waals surface area contributed by atoms with Crippen LogP contribution in [0.15, 0.2) is 60.8 Å². The molecule has 0 spiro atoms. The van der Waals surface area contributed by atoms with Crippen molar-refractivity contribution in [2.75, 3.05) is 17.6 Å². The highest BCUT2D eigenvalue weighted by molar-refractivity contribution is 7.91. The molecule has 1 heterocycles. The maximum absolute atomic E-state index is 11.5. The molecule has 0 unspecified atom stereocenters. The largest absolute Gasteiger partial charge is 0.491 e. The lowest BCUT2D eigenvalue weighted by molar-refractivity contribution is -0.107. The number of hydrogen-bond acceptors (Lipinski definition) is 7. The highest BCUT2D eigenvalue weighted by atomic mass is 35.5. The molecule has 40 heavy (non-hydrogen) atoms. The van der Waals surface area contributed by atoms with Crippen molar-refractivity contribution < 1.29 is 17.9 Å². The Morgan fingerprint density at radius 3 is 2.45 bits per heavy atom. The van der Waals surface area contributed by atoms with Gasteiger partial charge in [-0.2, -0.15) is 5.26 Å². The average Bonchev–Trinajstić information content (AvgIpc) is 2.92. The van der Waals surface area contributed by atoms with Gasteiger partial charge < -0.3 is 9.53 Å². The number of nitrogens with one attached hydrogen (secondary N) is 1. The van der Waals surface area contributed by atoms with Gasteiger partial charge in [-0.15, -0.1) is 0 Å². The molecule has 0 aliphatic heterocycles. The van der Waals surface area contributed by atoms with Crippen molar-refractivity contribution in [3.8, 4) is 22.9 Å². The molecule has 0 aliphatic rings. The molecule has 0 fully saturated rings. The van der Waals surface area contributed by atoms with Crippen molar-refractivity contribution in [3.05, 3.63) is 82.5 Å². The lowest BCUT2D eigenvalue weighted by atomic mass is 9.77. The van der Waals surface area contributed by atoms with E-state index in [2.05, 4.69) is 34.6 Å². The molecule has 10 heteroatoms. The monoisotopic (exact) mass is 576 g/mol. The number of unbranched alkanes of at least 4 members (excludes halogenated alkanes) is 2. The molecular formula is C30H29ClN4O4S. The van der Waals surface area contributed by atoms with E-state index in [1.165, 1.54) is 0 Å². The average molecular weight is 577 g/mol. The summed E-state index contributed by atoms with van der Waals surface area (Å²) in [5, 5.41) is 10.9. The number of halogens is 1. The predicted octanol–water partition coefficient (Wildman–Crippen LogP) is 6.27. The van der Waals surface area contributed by atoms with Gasteiger partial charge in [-0.25, -0.2) is 18.4 Å². The standard InChI is InChI=1S/C30H29ClN4O4S/c1-30(2,25-16-22(18-32)28(26(31)17-25)39-14-6-4-5-13-36)24-10-7-20(8-11-24)21-9-12-27-23(15-21)19-33-29(34-27)35-40(3,37)38/h7-13,15-17,19H,4-6,14H2,1-3H3,(H,33,34,35). The summed E-state index contributed by atoms with van der Waals surface area (Å²) in [5.41, 5.74) is 4.44. The first-order valence-electron chi connectivity index (χ1n) is 12.7. The van der Waals surface area contributed by atoms with E-state index in [1.807, 2.05) is 54.6 Å². The minimum absolute atomic E-state index is 0.0307. The van der Waals surface area contributed by atoms with E-state index < -0.39 is 15.4 Å². The summed E-state index contributed by atoms with van der Waals surface area (Å²) in [6.45, 7) is 4.53. The maximum Gasteiger partial charge on any atom is 0.237 e. The number of aldehydes is 1. The molecular weight excluding hydrogens is 548 g/mol. The molecule has 0 bridgehead atoms. The van der Waals surface area contributed by atoms with Crippen LogP contribution in [0, 0.1) is 11.3 Å². The molecule has 0 radical (unpaired) electrons. The minimum Gasteiger partial charge on any atom is -0.491 e. The van der Waals surface area contributed by atoms with Crippen LogP contribution < -0.4 is 9.46 Å². The summed E-state index contributed by atoms with van der Waals surface area (Å²) in [4.78, 5) is 18.9. The topological polar surface area (TPSA) is 122 Å². The van der Waals surface area contributed by atoms with E-state index in [9.17, 15) is 18.5 Å². The zero-order valence-electron chi connectivity index (χ0n) is 22.4. The summed E-state index contributed by atoms with van der Waals surface area (Å²) in [5.74, 6) is 0.396. The summed E-state index contributed by atoms with van der Waals surface area (Å²) < 4.78 is 31.0. The van der Waals surface area contributed by atoms with Crippen LogP contribution in [0.25, 0.3) is 22.0 Å². The number of ether oxygens (including phenoxy) is 1. The Labute approximate surface area is 239 Å². The highest BCUT2D eigenvalue weighted by Crippen LogP contribution is 2.39. The number of sulfonamides is 1. The maximum atomic E-state index is 11.5. The van der Waals surface area contributed by atoms with Gasteiger partial charge in [0.1, 0.15) is 12.4 Å². The lowest BCUT2D eigenvalue weighted by Gasteiger charge is -2.27. The predicted molar refractivity (Wildman–Crippen MR) is 157 cm³/mol. The molecule has 8 nitrogen and oxygen atoms in total. The van der Waals surface area contributed by atoms with Crippen LogP contribution in [0.3, 0.4) is 0 Å². The van der Waals surface area contributed by atoms with Gasteiger partial charge in [-0.3, -0.25) is 4.72 Å². The number of carbonyl (C=O) groups is 1. The molecule has 1 aromatic heterocycles. The first-order chi connectivity index (χ1) is 19.0. The molecule has 0 saturated carbocycles. The SMILES string of the molecule is CC(C)(c1ccc(-c2ccc3nc(NS(C)(=O)=O)ncc3c2)cc1)c1cc(Cl)c(OCCCCC=O)c(C#N)c1. The number of fused-ring (bicyclic) bond motifs is 1. The summed E-state index contributed by atoms with van der Waals surface area (Å²) in [6.07, 6.45) is 5.43. The highest BCUT2D eigenvalue weighted by Gasteiger charge is 2.26. The van der Waals surface area contributed by atoms with Gasteiger partial charge in [0.05, 0.1) is 29.0 Å². The lowest BCUT2D eigenvalue weighted by Crippen LogP contribution is -2.19. The number of anilines is 1. The van der Waals surface area contributed by atoms with Gasteiger partial charge in [0.2, 0.25) is 16.0 Å². The molecule has 4 rings (SSSR count). The molecule has 0 aliphatic carbocycles. The van der Waals surface area contributed by atoms with E-state index in [1.54, 1.807) is 6.20 Å². The van der Waals surface area contributed by atoms with Crippen LogP contribution in [0.2, 0.25) is 5.02 Å². The fraction of sp³-hybridized carbons (Fsp3) is 0.267. The second kappa shape index (κ2) is 12.0. The first kappa shape index (κ1) is 29.0. The second-order valence-corrected chi connectivity index (χ2v) is 12.2. The third kappa shape index (κ3) is 6.76. The van der Waals surface area contributed by atoms with Gasteiger partial charge in [0, 0.05) is 23.4 Å². The fourth-order valence-electron chi connectivity index (χ4n) is 4.36. The van der Waals surface area contributed by atoms with Gasteiger partial charge in [0.25, 0.3) is 0 Å². The summed E-state index contributed by atoms with van der Waals surface area (Å²) in [6, 6.07) is 19.7. The summed E-state index contributed by atoms with van der Waals surface area (Å²) >= 11 is 6.56. The Kier molecular flexibility index (Phi) is 8.72. The molecule has 3 aromatic carbocycles. The number of hydrogen-bond donors (Lipinski definition) is 1. The number of nitrogens with zero attached hydrogens (tertiary/aromatic N) is 3. The van der Waals surface area contributed by atoms with Gasteiger partial charge in [0.15, 0.2) is 5.75 Å². The normalized spacial score (nSPS) is 11.7. The molecule has 0 atom stereocenters. The van der Waals surface area contributed by atoms with Crippen LogP contribution in [0.5, 0.6) is 5.75 Å². The van der Waals surface area contributed by atoms with Crippen molar-refractivity contribution in [2.45, 2.75) is 38.5 Å². The van der Waals surface area contributed by atoms with E-state index in [-0.39, 0.29) is 5.95 Å². The molecule has 206 valence electrons. The minimum atomic E-state index is -3.46. The Bertz CT molecular complexity index is 1700. The second-order valence-electron chi connectivity index (χ2n) is 10.0. The molecule has 4 aromatic rings. The molecule has 0 amide bonds. The number of benzene rings is 3. The zero-order chi connectivity index (χ0) is 28.9.